The molecule has 0 radical (unpaired) electrons. The lowest BCUT2D eigenvalue weighted by Gasteiger charge is -2.20. The highest BCUT2D eigenvalue weighted by Gasteiger charge is 2.15. The SMILES string of the molecule is COC(=O)c1ccc(F)cc1NC(C)C(C)C. The van der Waals surface area contributed by atoms with Gasteiger partial charge in [0.1, 0.15) is 5.82 Å². The van der Waals surface area contributed by atoms with E-state index in [1.165, 1.54) is 25.3 Å². The molecular formula is C13H18FNO2. The Kier molecular flexibility index (Phi) is 4.49. The smallest absolute Gasteiger partial charge is 0.339 e. The molecule has 0 heterocycles. The summed E-state index contributed by atoms with van der Waals surface area (Å²) in [5.74, 6) is -0.469. The van der Waals surface area contributed by atoms with Gasteiger partial charge in [0.25, 0.3) is 0 Å². The zero-order valence-corrected chi connectivity index (χ0v) is 10.6. The minimum absolute atomic E-state index is 0.139. The van der Waals surface area contributed by atoms with Crippen LogP contribution in [0.5, 0.6) is 0 Å². The highest BCUT2D eigenvalue weighted by Crippen LogP contribution is 2.20. The maximum Gasteiger partial charge on any atom is 0.339 e. The second kappa shape index (κ2) is 5.66. The molecule has 3 nitrogen and oxygen atoms in total. The van der Waals surface area contributed by atoms with E-state index in [1.54, 1.807) is 0 Å². The predicted molar refractivity (Wildman–Crippen MR) is 65.7 cm³/mol. The first kappa shape index (κ1) is 13.5. The van der Waals surface area contributed by atoms with E-state index in [-0.39, 0.29) is 11.9 Å². The van der Waals surface area contributed by atoms with Crippen LogP contribution in [0.4, 0.5) is 10.1 Å². The van der Waals surface area contributed by atoms with Crippen molar-refractivity contribution in [3.8, 4) is 0 Å². The number of carbonyl (C=O) groups excluding carboxylic acids is 1. The molecule has 0 saturated carbocycles. The molecule has 0 aliphatic carbocycles. The third-order valence-electron chi connectivity index (χ3n) is 2.77. The highest BCUT2D eigenvalue weighted by atomic mass is 19.1. The molecule has 0 aliphatic heterocycles. The Morgan fingerprint density at radius 1 is 1.35 bits per heavy atom. The van der Waals surface area contributed by atoms with Gasteiger partial charge in [-0.2, -0.15) is 0 Å². The summed E-state index contributed by atoms with van der Waals surface area (Å²) < 4.78 is 17.8. The minimum Gasteiger partial charge on any atom is -0.465 e. The largest absolute Gasteiger partial charge is 0.465 e. The third kappa shape index (κ3) is 3.44. The van der Waals surface area contributed by atoms with E-state index in [9.17, 15) is 9.18 Å². The predicted octanol–water partition coefficient (Wildman–Crippen LogP) is 3.07. The zero-order chi connectivity index (χ0) is 13.0. The first-order chi connectivity index (χ1) is 7.95. The van der Waals surface area contributed by atoms with Gasteiger partial charge >= 0.3 is 5.97 Å². The van der Waals surface area contributed by atoms with Crippen LogP contribution < -0.4 is 5.32 Å². The summed E-state index contributed by atoms with van der Waals surface area (Å²) in [4.78, 5) is 11.5. The molecule has 1 rings (SSSR count). The minimum atomic E-state index is -0.469. The molecule has 4 heteroatoms. The number of ether oxygens (including phenoxy) is 1. The van der Waals surface area contributed by atoms with Crippen molar-refractivity contribution in [2.45, 2.75) is 26.8 Å². The molecule has 1 aromatic rings. The van der Waals surface area contributed by atoms with Crippen LogP contribution in [0, 0.1) is 11.7 Å². The number of esters is 1. The van der Waals surface area contributed by atoms with Crippen molar-refractivity contribution in [2.24, 2.45) is 5.92 Å². The fourth-order valence-electron chi connectivity index (χ4n) is 1.34. The number of nitrogens with one attached hydrogen (secondary N) is 1. The number of hydrogen-bond acceptors (Lipinski definition) is 3. The van der Waals surface area contributed by atoms with Crippen LogP contribution in [0.15, 0.2) is 18.2 Å². The summed E-state index contributed by atoms with van der Waals surface area (Å²) in [5.41, 5.74) is 0.819. The zero-order valence-electron chi connectivity index (χ0n) is 10.6. The Bertz CT molecular complexity index is 404. The normalized spacial score (nSPS) is 12.4. The van der Waals surface area contributed by atoms with Gasteiger partial charge in [0.2, 0.25) is 0 Å². The van der Waals surface area contributed by atoms with Crippen molar-refractivity contribution in [1.82, 2.24) is 0 Å². The van der Waals surface area contributed by atoms with E-state index >= 15 is 0 Å². The van der Waals surface area contributed by atoms with Gasteiger partial charge in [-0.15, -0.1) is 0 Å². The summed E-state index contributed by atoms with van der Waals surface area (Å²) in [6.45, 7) is 6.08. The number of halogens is 1. The van der Waals surface area contributed by atoms with Crippen LogP contribution in [0.1, 0.15) is 31.1 Å². The van der Waals surface area contributed by atoms with Crippen LogP contribution in [0.3, 0.4) is 0 Å². The molecule has 1 unspecified atom stereocenters. The van der Waals surface area contributed by atoms with E-state index in [2.05, 4.69) is 23.9 Å². The van der Waals surface area contributed by atoms with E-state index in [1.807, 2.05) is 6.92 Å². The average Bonchev–Trinajstić information content (AvgIpc) is 2.28. The first-order valence-electron chi connectivity index (χ1n) is 5.60. The molecule has 0 fully saturated rings. The van der Waals surface area contributed by atoms with Gasteiger partial charge in [-0.05, 0) is 31.0 Å². The Balaban J connectivity index is 3.03. The molecule has 1 N–H and O–H groups in total. The van der Waals surface area contributed by atoms with Gasteiger partial charge < -0.3 is 10.1 Å². The molecular weight excluding hydrogens is 221 g/mol. The van der Waals surface area contributed by atoms with Crippen molar-refractivity contribution in [3.05, 3.63) is 29.6 Å². The number of rotatable bonds is 4. The van der Waals surface area contributed by atoms with Crippen molar-refractivity contribution in [3.63, 3.8) is 0 Å². The van der Waals surface area contributed by atoms with E-state index in [0.29, 0.717) is 17.2 Å². The van der Waals surface area contributed by atoms with E-state index in [4.69, 9.17) is 0 Å². The monoisotopic (exact) mass is 239 g/mol. The Morgan fingerprint density at radius 3 is 2.53 bits per heavy atom. The van der Waals surface area contributed by atoms with E-state index in [0.717, 1.165) is 0 Å². The van der Waals surface area contributed by atoms with Gasteiger partial charge in [-0.1, -0.05) is 13.8 Å². The Morgan fingerprint density at radius 2 is 2.00 bits per heavy atom. The lowest BCUT2D eigenvalue weighted by atomic mass is 10.0. The van der Waals surface area contributed by atoms with E-state index < -0.39 is 5.97 Å². The fraction of sp³-hybridized carbons (Fsp3) is 0.462. The first-order valence-corrected chi connectivity index (χ1v) is 5.60. The summed E-state index contributed by atoms with van der Waals surface area (Å²) in [5, 5.41) is 3.13. The molecule has 0 aromatic heterocycles. The van der Waals surface area contributed by atoms with Gasteiger partial charge in [0, 0.05) is 6.04 Å². The maximum atomic E-state index is 13.2. The third-order valence-corrected chi connectivity index (χ3v) is 2.77. The van der Waals surface area contributed by atoms with Gasteiger partial charge in [-0.25, -0.2) is 9.18 Å². The number of hydrogen-bond donors (Lipinski definition) is 1. The lowest BCUT2D eigenvalue weighted by molar-refractivity contribution is 0.0601. The van der Waals surface area contributed by atoms with Crippen molar-refractivity contribution < 1.29 is 13.9 Å². The molecule has 0 bridgehead atoms. The second-order valence-electron chi connectivity index (χ2n) is 4.36. The number of methoxy groups -OCH3 is 1. The number of benzene rings is 1. The highest BCUT2D eigenvalue weighted by molar-refractivity contribution is 5.95. The molecule has 0 saturated heterocycles. The van der Waals surface area contributed by atoms with Gasteiger partial charge in [-0.3, -0.25) is 0 Å². The summed E-state index contributed by atoms with van der Waals surface area (Å²) >= 11 is 0. The Labute approximate surface area is 101 Å². The topological polar surface area (TPSA) is 38.3 Å². The number of carbonyl (C=O) groups is 1. The van der Waals surface area contributed by atoms with Gasteiger partial charge in [0.15, 0.2) is 0 Å². The molecule has 0 spiro atoms. The van der Waals surface area contributed by atoms with Gasteiger partial charge in [0.05, 0.1) is 18.4 Å². The molecule has 94 valence electrons. The van der Waals surface area contributed by atoms with Crippen LogP contribution >= 0.6 is 0 Å². The second-order valence-corrected chi connectivity index (χ2v) is 4.36. The molecule has 1 aromatic carbocycles. The summed E-state index contributed by atoms with van der Waals surface area (Å²) in [6.07, 6.45) is 0. The lowest BCUT2D eigenvalue weighted by Crippen LogP contribution is -2.23. The quantitative estimate of drug-likeness (QED) is 0.821. The average molecular weight is 239 g/mol. The van der Waals surface area contributed by atoms with Crippen molar-refractivity contribution in [2.75, 3.05) is 12.4 Å². The summed E-state index contributed by atoms with van der Waals surface area (Å²) in [7, 11) is 1.31. The maximum absolute atomic E-state index is 13.2. The molecule has 0 amide bonds. The van der Waals surface area contributed by atoms with Crippen LogP contribution in [-0.4, -0.2) is 19.1 Å². The fourth-order valence-corrected chi connectivity index (χ4v) is 1.34. The van der Waals surface area contributed by atoms with Crippen molar-refractivity contribution in [1.29, 1.82) is 0 Å². The molecule has 17 heavy (non-hydrogen) atoms. The number of anilines is 1. The Hall–Kier alpha value is -1.58. The van der Waals surface area contributed by atoms with Crippen LogP contribution in [-0.2, 0) is 4.74 Å². The van der Waals surface area contributed by atoms with Crippen molar-refractivity contribution >= 4 is 11.7 Å². The summed E-state index contributed by atoms with van der Waals surface area (Å²) in [6, 6.07) is 4.12. The van der Waals surface area contributed by atoms with Crippen LogP contribution in [0.25, 0.3) is 0 Å². The molecule has 0 aliphatic rings. The molecule has 1 atom stereocenters. The standard InChI is InChI=1S/C13H18FNO2/c1-8(2)9(3)15-12-7-10(14)5-6-11(12)13(16)17-4/h5-9,15H,1-4H3. The van der Waals surface area contributed by atoms with Crippen LogP contribution in [0.2, 0.25) is 0 Å².